The second-order valence-corrected chi connectivity index (χ2v) is 7.72. The van der Waals surface area contributed by atoms with Gasteiger partial charge in [0.2, 0.25) is 10.0 Å². The number of nitrogens with zero attached hydrogens (tertiary/aromatic N) is 2. The van der Waals surface area contributed by atoms with Crippen molar-refractivity contribution < 1.29 is 8.42 Å². The highest BCUT2D eigenvalue weighted by atomic mass is 32.2. The second kappa shape index (κ2) is 5.26. The molecule has 3 rings (SSSR count). The van der Waals surface area contributed by atoms with E-state index >= 15 is 0 Å². The van der Waals surface area contributed by atoms with Crippen LogP contribution in [0.4, 0.5) is 11.4 Å². The quantitative estimate of drug-likeness (QED) is 0.846. The van der Waals surface area contributed by atoms with Gasteiger partial charge in [-0.1, -0.05) is 6.07 Å². The molecule has 0 aromatic heterocycles. The molecular weight excluding hydrogens is 274 g/mol. The summed E-state index contributed by atoms with van der Waals surface area (Å²) in [4.78, 5) is 2.19. The summed E-state index contributed by atoms with van der Waals surface area (Å²) in [5.41, 5.74) is 7.61. The molecule has 1 saturated carbocycles. The summed E-state index contributed by atoms with van der Waals surface area (Å²) in [6, 6.07) is 7.75. The van der Waals surface area contributed by atoms with E-state index in [-0.39, 0.29) is 0 Å². The number of nitrogen functional groups attached to an aromatic ring is 1. The molecule has 0 spiro atoms. The predicted octanol–water partition coefficient (Wildman–Crippen LogP) is 1.13. The maximum absolute atomic E-state index is 12.2. The number of benzene rings is 1. The second-order valence-electron chi connectivity index (χ2n) is 5.70. The van der Waals surface area contributed by atoms with Crippen molar-refractivity contribution >= 4 is 21.4 Å². The summed E-state index contributed by atoms with van der Waals surface area (Å²) < 4.78 is 26.1. The number of hydrogen-bond acceptors (Lipinski definition) is 4. The van der Waals surface area contributed by atoms with Crippen LogP contribution in [0.1, 0.15) is 12.8 Å². The number of sulfonamides is 1. The van der Waals surface area contributed by atoms with E-state index in [9.17, 15) is 8.42 Å². The Morgan fingerprint density at radius 1 is 1.15 bits per heavy atom. The molecule has 20 heavy (non-hydrogen) atoms. The molecule has 1 heterocycles. The molecule has 5 nitrogen and oxygen atoms in total. The van der Waals surface area contributed by atoms with Gasteiger partial charge in [-0.2, -0.15) is 4.31 Å². The molecule has 2 N–H and O–H groups in total. The average molecular weight is 295 g/mol. The number of nitrogens with two attached hydrogens (primary N) is 1. The summed E-state index contributed by atoms with van der Waals surface area (Å²) in [5, 5.41) is 0. The number of rotatable bonds is 4. The third kappa shape index (κ3) is 3.07. The minimum absolute atomic E-state index is 0.339. The van der Waals surface area contributed by atoms with E-state index in [0.29, 0.717) is 24.8 Å². The summed E-state index contributed by atoms with van der Waals surface area (Å²) >= 11 is 0. The molecule has 1 aliphatic heterocycles. The monoisotopic (exact) mass is 295 g/mol. The fourth-order valence-corrected chi connectivity index (χ4v) is 4.49. The van der Waals surface area contributed by atoms with Crippen molar-refractivity contribution in [2.45, 2.75) is 12.8 Å². The highest BCUT2D eigenvalue weighted by Crippen LogP contribution is 2.31. The van der Waals surface area contributed by atoms with Crippen LogP contribution < -0.4 is 10.6 Å². The molecule has 0 unspecified atom stereocenters. The Morgan fingerprint density at radius 2 is 1.85 bits per heavy atom. The molecule has 1 saturated heterocycles. The molecule has 1 aromatic rings. The zero-order chi connectivity index (χ0) is 14.2. The lowest BCUT2D eigenvalue weighted by molar-refractivity contribution is 0.384. The van der Waals surface area contributed by atoms with E-state index in [1.807, 2.05) is 24.3 Å². The normalized spacial score (nSPS) is 21.1. The molecule has 0 radical (unpaired) electrons. The van der Waals surface area contributed by atoms with Gasteiger partial charge < -0.3 is 10.6 Å². The SMILES string of the molecule is Nc1cccc(N2CCN(S(=O)(=O)CC3CC3)CC2)c1. The minimum Gasteiger partial charge on any atom is -0.399 e. The third-order valence-electron chi connectivity index (χ3n) is 4.01. The maximum Gasteiger partial charge on any atom is 0.214 e. The molecule has 110 valence electrons. The van der Waals surface area contributed by atoms with Gasteiger partial charge in [0.1, 0.15) is 0 Å². The van der Waals surface area contributed by atoms with Crippen molar-refractivity contribution in [1.82, 2.24) is 4.31 Å². The zero-order valence-electron chi connectivity index (χ0n) is 11.5. The number of hydrogen-bond donors (Lipinski definition) is 1. The van der Waals surface area contributed by atoms with Crippen LogP contribution in [0.25, 0.3) is 0 Å². The van der Waals surface area contributed by atoms with Crippen LogP contribution in [0.2, 0.25) is 0 Å². The molecule has 2 aliphatic rings. The van der Waals surface area contributed by atoms with Crippen LogP contribution >= 0.6 is 0 Å². The van der Waals surface area contributed by atoms with E-state index in [1.165, 1.54) is 0 Å². The summed E-state index contributed by atoms with van der Waals surface area (Å²) in [6.45, 7) is 2.61. The smallest absolute Gasteiger partial charge is 0.214 e. The summed E-state index contributed by atoms with van der Waals surface area (Å²) in [7, 11) is -3.05. The third-order valence-corrected chi connectivity index (χ3v) is 6.06. The van der Waals surface area contributed by atoms with Crippen molar-refractivity contribution in [3.63, 3.8) is 0 Å². The van der Waals surface area contributed by atoms with Crippen molar-refractivity contribution in [2.75, 3.05) is 42.6 Å². The van der Waals surface area contributed by atoms with Crippen LogP contribution in [-0.2, 0) is 10.0 Å². The molecule has 2 fully saturated rings. The van der Waals surface area contributed by atoms with Gasteiger partial charge in [-0.05, 0) is 37.0 Å². The van der Waals surface area contributed by atoms with Crippen LogP contribution in [-0.4, -0.2) is 44.7 Å². The Labute approximate surface area is 120 Å². The van der Waals surface area contributed by atoms with Crippen molar-refractivity contribution in [3.05, 3.63) is 24.3 Å². The highest BCUT2D eigenvalue weighted by Gasteiger charge is 2.33. The van der Waals surface area contributed by atoms with Gasteiger partial charge in [0.25, 0.3) is 0 Å². The van der Waals surface area contributed by atoms with Gasteiger partial charge in [0.15, 0.2) is 0 Å². The summed E-state index contributed by atoms with van der Waals surface area (Å²) in [5.74, 6) is 0.748. The Morgan fingerprint density at radius 3 is 2.45 bits per heavy atom. The predicted molar refractivity (Wildman–Crippen MR) is 81.2 cm³/mol. The maximum atomic E-state index is 12.2. The van der Waals surface area contributed by atoms with Crippen molar-refractivity contribution in [2.24, 2.45) is 5.92 Å². The Bertz CT molecular complexity index is 576. The zero-order valence-corrected chi connectivity index (χ0v) is 12.3. The van der Waals surface area contributed by atoms with Gasteiger partial charge in [0.05, 0.1) is 5.75 Å². The van der Waals surface area contributed by atoms with Gasteiger partial charge in [-0.15, -0.1) is 0 Å². The van der Waals surface area contributed by atoms with Gasteiger partial charge in [-0.3, -0.25) is 0 Å². The first-order valence-electron chi connectivity index (χ1n) is 7.13. The van der Waals surface area contributed by atoms with Crippen LogP contribution in [0.15, 0.2) is 24.3 Å². The average Bonchev–Trinajstić information content (AvgIpc) is 3.22. The summed E-state index contributed by atoms with van der Waals surface area (Å²) in [6.07, 6.45) is 2.14. The molecule has 1 aliphatic carbocycles. The lowest BCUT2D eigenvalue weighted by atomic mass is 10.2. The van der Waals surface area contributed by atoms with E-state index in [4.69, 9.17) is 5.73 Å². The lowest BCUT2D eigenvalue weighted by Crippen LogP contribution is -2.49. The topological polar surface area (TPSA) is 66.6 Å². The van der Waals surface area contributed by atoms with E-state index in [2.05, 4.69) is 4.90 Å². The molecule has 0 atom stereocenters. The minimum atomic E-state index is -3.05. The van der Waals surface area contributed by atoms with E-state index in [0.717, 1.165) is 37.3 Å². The van der Waals surface area contributed by atoms with Gasteiger partial charge in [0, 0.05) is 37.6 Å². The molecular formula is C14H21N3O2S. The number of anilines is 2. The van der Waals surface area contributed by atoms with Crippen LogP contribution in [0, 0.1) is 5.92 Å². The van der Waals surface area contributed by atoms with E-state index < -0.39 is 10.0 Å². The Balaban J connectivity index is 1.61. The Kier molecular flexibility index (Phi) is 3.60. The first-order valence-corrected chi connectivity index (χ1v) is 8.74. The fraction of sp³-hybridized carbons (Fsp3) is 0.571. The first kappa shape index (κ1) is 13.7. The standard InChI is InChI=1S/C14H21N3O2S/c15-13-2-1-3-14(10-13)16-6-8-17(9-7-16)20(18,19)11-12-4-5-12/h1-3,10,12H,4-9,11,15H2. The molecule has 1 aromatic carbocycles. The van der Waals surface area contributed by atoms with E-state index in [1.54, 1.807) is 4.31 Å². The lowest BCUT2D eigenvalue weighted by Gasteiger charge is -2.35. The fourth-order valence-electron chi connectivity index (χ4n) is 2.63. The van der Waals surface area contributed by atoms with Crippen molar-refractivity contribution in [3.8, 4) is 0 Å². The first-order chi connectivity index (χ1) is 9.54. The van der Waals surface area contributed by atoms with Gasteiger partial charge >= 0.3 is 0 Å². The van der Waals surface area contributed by atoms with Crippen LogP contribution in [0.5, 0.6) is 0 Å². The number of piperazine rings is 1. The largest absolute Gasteiger partial charge is 0.399 e. The molecule has 0 bridgehead atoms. The molecule has 0 amide bonds. The molecule has 6 heteroatoms. The van der Waals surface area contributed by atoms with Crippen molar-refractivity contribution in [1.29, 1.82) is 0 Å². The van der Waals surface area contributed by atoms with Gasteiger partial charge in [-0.25, -0.2) is 8.42 Å². The Hall–Kier alpha value is -1.27. The van der Waals surface area contributed by atoms with Crippen LogP contribution in [0.3, 0.4) is 0 Å². The highest BCUT2D eigenvalue weighted by molar-refractivity contribution is 7.89.